The van der Waals surface area contributed by atoms with E-state index in [9.17, 15) is 14.5 Å². The van der Waals surface area contributed by atoms with Crippen molar-refractivity contribution in [3.63, 3.8) is 0 Å². The van der Waals surface area contributed by atoms with Crippen molar-refractivity contribution in [2.24, 2.45) is 5.11 Å². The van der Waals surface area contributed by atoms with Crippen LogP contribution in [0, 0.1) is 22.9 Å². The lowest BCUT2D eigenvalue weighted by Crippen LogP contribution is -1.94. The predicted octanol–water partition coefficient (Wildman–Crippen LogP) is 3.37. The summed E-state index contributed by atoms with van der Waals surface area (Å²) in [6, 6.07) is 2.25. The first kappa shape index (κ1) is 12.7. The minimum absolute atomic E-state index is 0.0671. The summed E-state index contributed by atoms with van der Waals surface area (Å²) < 4.78 is 13.4. The number of hydrogen-bond donors (Lipinski definition) is 0. The van der Waals surface area contributed by atoms with Gasteiger partial charge in [0.2, 0.25) is 0 Å². The fourth-order valence-electron chi connectivity index (χ4n) is 1.27. The second kappa shape index (κ2) is 5.62. The van der Waals surface area contributed by atoms with Crippen molar-refractivity contribution in [1.29, 1.82) is 0 Å². The molecule has 0 radical (unpaired) electrons. The molecule has 0 aliphatic heterocycles. The molecular weight excluding hydrogens is 227 g/mol. The summed E-state index contributed by atoms with van der Waals surface area (Å²) in [7, 11) is 0. The first-order valence-corrected chi connectivity index (χ1v) is 4.68. The number of rotatable bonds is 4. The van der Waals surface area contributed by atoms with Crippen molar-refractivity contribution in [3.8, 4) is 0 Å². The van der Waals surface area contributed by atoms with Gasteiger partial charge in [-0.15, -0.1) is 0 Å². The minimum Gasteiger partial charge on any atom is -0.258 e. The first-order valence-electron chi connectivity index (χ1n) is 4.68. The molecular formula is C10H9FN4O2. The summed E-state index contributed by atoms with van der Waals surface area (Å²) in [5.74, 6) is -0.551. The summed E-state index contributed by atoms with van der Waals surface area (Å²) >= 11 is 0. The van der Waals surface area contributed by atoms with E-state index in [-0.39, 0.29) is 23.4 Å². The standard InChI is InChI=1S/C10H9FN4O2/c1-7-5-9(11)8(3-2-4-13-14-12)6-10(7)15(16)17/h2-3,5-6H,4H2,1H3. The average Bonchev–Trinajstić information content (AvgIpc) is 2.26. The Labute approximate surface area is 96.2 Å². The third-order valence-electron chi connectivity index (χ3n) is 2.06. The van der Waals surface area contributed by atoms with Gasteiger partial charge in [0.15, 0.2) is 0 Å². The number of hydrogen-bond acceptors (Lipinski definition) is 3. The Bertz CT molecular complexity index is 521. The minimum atomic E-state index is -0.570. The van der Waals surface area contributed by atoms with E-state index in [1.807, 2.05) is 0 Å². The van der Waals surface area contributed by atoms with Crippen molar-refractivity contribution >= 4 is 11.8 Å². The van der Waals surface area contributed by atoms with E-state index in [0.29, 0.717) is 0 Å². The van der Waals surface area contributed by atoms with Crippen LogP contribution in [0.5, 0.6) is 0 Å². The maximum absolute atomic E-state index is 13.4. The SMILES string of the molecule is Cc1cc(F)c(C=CCN=[N+]=[N-])cc1[N+](=O)[O-]. The van der Waals surface area contributed by atoms with Crippen LogP contribution in [0.4, 0.5) is 10.1 Å². The number of nitro groups is 1. The fourth-order valence-corrected chi connectivity index (χ4v) is 1.27. The zero-order valence-electron chi connectivity index (χ0n) is 9.00. The molecule has 1 aromatic carbocycles. The molecule has 0 heterocycles. The lowest BCUT2D eigenvalue weighted by atomic mass is 10.1. The third-order valence-corrected chi connectivity index (χ3v) is 2.06. The Morgan fingerprint density at radius 1 is 1.65 bits per heavy atom. The van der Waals surface area contributed by atoms with Crippen LogP contribution in [-0.4, -0.2) is 11.5 Å². The highest BCUT2D eigenvalue weighted by Gasteiger charge is 2.13. The van der Waals surface area contributed by atoms with Crippen molar-refractivity contribution in [1.82, 2.24) is 0 Å². The zero-order valence-corrected chi connectivity index (χ0v) is 9.00. The molecule has 0 N–H and O–H groups in total. The second-order valence-corrected chi connectivity index (χ2v) is 3.23. The topological polar surface area (TPSA) is 91.9 Å². The Hall–Kier alpha value is -2.40. The molecule has 0 aromatic heterocycles. The molecule has 0 aliphatic carbocycles. The molecule has 0 spiro atoms. The number of azide groups is 1. The van der Waals surface area contributed by atoms with Crippen LogP contribution in [-0.2, 0) is 0 Å². The smallest absolute Gasteiger partial charge is 0.258 e. The maximum atomic E-state index is 13.4. The van der Waals surface area contributed by atoms with Gasteiger partial charge in [-0.2, -0.15) is 0 Å². The highest BCUT2D eigenvalue weighted by atomic mass is 19.1. The van der Waals surface area contributed by atoms with E-state index in [1.54, 1.807) is 0 Å². The molecule has 0 atom stereocenters. The molecule has 88 valence electrons. The van der Waals surface area contributed by atoms with Crippen molar-refractivity contribution in [2.45, 2.75) is 6.92 Å². The molecule has 0 saturated carbocycles. The third kappa shape index (κ3) is 3.29. The molecule has 1 aromatic rings. The van der Waals surface area contributed by atoms with E-state index in [0.717, 1.165) is 12.1 Å². The van der Waals surface area contributed by atoms with Crippen LogP contribution in [0.1, 0.15) is 11.1 Å². The molecule has 0 aliphatic rings. The van der Waals surface area contributed by atoms with Gasteiger partial charge >= 0.3 is 0 Å². The first-order chi connectivity index (χ1) is 8.06. The van der Waals surface area contributed by atoms with Crippen molar-refractivity contribution < 1.29 is 9.31 Å². The number of aryl methyl sites for hydroxylation is 1. The molecule has 1 rings (SSSR count). The highest BCUT2D eigenvalue weighted by Crippen LogP contribution is 2.22. The lowest BCUT2D eigenvalue weighted by molar-refractivity contribution is -0.385. The largest absolute Gasteiger partial charge is 0.273 e. The van der Waals surface area contributed by atoms with Gasteiger partial charge < -0.3 is 0 Å². The van der Waals surface area contributed by atoms with E-state index >= 15 is 0 Å². The van der Waals surface area contributed by atoms with Crippen molar-refractivity contribution in [2.75, 3.05) is 6.54 Å². The zero-order chi connectivity index (χ0) is 12.8. The number of benzene rings is 1. The summed E-state index contributed by atoms with van der Waals surface area (Å²) in [5.41, 5.74) is 8.25. The number of halogens is 1. The van der Waals surface area contributed by atoms with Gasteiger partial charge in [0.25, 0.3) is 5.69 Å². The normalized spacial score (nSPS) is 10.2. The van der Waals surface area contributed by atoms with Crippen LogP contribution in [0.15, 0.2) is 23.3 Å². The lowest BCUT2D eigenvalue weighted by Gasteiger charge is -2.00. The van der Waals surface area contributed by atoms with Gasteiger partial charge in [-0.05, 0) is 18.5 Å². The van der Waals surface area contributed by atoms with Gasteiger partial charge in [-0.1, -0.05) is 17.3 Å². The van der Waals surface area contributed by atoms with Crippen LogP contribution >= 0.6 is 0 Å². The van der Waals surface area contributed by atoms with E-state index in [4.69, 9.17) is 5.53 Å². The van der Waals surface area contributed by atoms with Gasteiger partial charge in [-0.25, -0.2) is 4.39 Å². The predicted molar refractivity (Wildman–Crippen MR) is 60.8 cm³/mol. The highest BCUT2D eigenvalue weighted by molar-refractivity contribution is 5.56. The van der Waals surface area contributed by atoms with Gasteiger partial charge in [0.1, 0.15) is 5.82 Å². The Morgan fingerprint density at radius 2 is 2.35 bits per heavy atom. The van der Waals surface area contributed by atoms with Crippen LogP contribution in [0.2, 0.25) is 0 Å². The summed E-state index contributed by atoms with van der Waals surface area (Å²) in [5, 5.41) is 13.9. The van der Waals surface area contributed by atoms with Gasteiger partial charge in [0, 0.05) is 28.6 Å². The monoisotopic (exact) mass is 236 g/mol. The molecule has 6 nitrogen and oxygen atoms in total. The molecule has 0 saturated heterocycles. The van der Waals surface area contributed by atoms with Crippen molar-refractivity contribution in [3.05, 3.63) is 55.7 Å². The molecule has 0 fully saturated rings. The summed E-state index contributed by atoms with van der Waals surface area (Å²) in [6.45, 7) is 1.53. The molecule has 0 bridgehead atoms. The van der Waals surface area contributed by atoms with Crippen LogP contribution in [0.3, 0.4) is 0 Å². The molecule has 7 heteroatoms. The van der Waals surface area contributed by atoms with E-state index in [2.05, 4.69) is 10.0 Å². The van der Waals surface area contributed by atoms with Gasteiger partial charge in [0.05, 0.1) is 4.92 Å². The summed E-state index contributed by atoms with van der Waals surface area (Å²) in [6.07, 6.45) is 2.77. The molecule has 17 heavy (non-hydrogen) atoms. The Morgan fingerprint density at radius 3 is 2.94 bits per heavy atom. The van der Waals surface area contributed by atoms with Crippen LogP contribution in [0.25, 0.3) is 16.5 Å². The average molecular weight is 236 g/mol. The van der Waals surface area contributed by atoms with E-state index in [1.165, 1.54) is 19.1 Å². The van der Waals surface area contributed by atoms with Gasteiger partial charge in [-0.3, -0.25) is 10.1 Å². The Balaban J connectivity index is 3.07. The van der Waals surface area contributed by atoms with E-state index < -0.39 is 10.7 Å². The van der Waals surface area contributed by atoms with Crippen LogP contribution < -0.4 is 0 Å². The fraction of sp³-hybridized carbons (Fsp3) is 0.200. The second-order valence-electron chi connectivity index (χ2n) is 3.23. The number of nitro benzene ring substituents is 1. The maximum Gasteiger partial charge on any atom is 0.273 e. The molecule has 0 unspecified atom stereocenters. The molecule has 0 amide bonds. The Kier molecular flexibility index (Phi) is 4.19. The summed E-state index contributed by atoms with van der Waals surface area (Å²) in [4.78, 5) is 12.6. The number of nitrogens with zero attached hydrogens (tertiary/aromatic N) is 4. The quantitative estimate of drug-likeness (QED) is 0.263.